The number of nitrogens with zero attached hydrogens (tertiary/aromatic N) is 4. The lowest BCUT2D eigenvalue weighted by Gasteiger charge is -2.60. The summed E-state index contributed by atoms with van der Waals surface area (Å²) in [5.74, 6) is 0.247. The Morgan fingerprint density at radius 3 is 2.19 bits per heavy atom. The van der Waals surface area contributed by atoms with Crippen LogP contribution in [-0.2, 0) is 0 Å². The van der Waals surface area contributed by atoms with Crippen LogP contribution in [0.25, 0.3) is 0 Å². The van der Waals surface area contributed by atoms with E-state index >= 15 is 0 Å². The van der Waals surface area contributed by atoms with Gasteiger partial charge in [-0.25, -0.2) is 14.7 Å². The summed E-state index contributed by atoms with van der Waals surface area (Å²) in [7, 11) is 0. The van der Waals surface area contributed by atoms with Crippen LogP contribution in [0.3, 0.4) is 0 Å². The number of quaternary nitrogens is 1. The van der Waals surface area contributed by atoms with Crippen molar-refractivity contribution in [2.24, 2.45) is 0 Å². The second kappa shape index (κ2) is 5.72. The van der Waals surface area contributed by atoms with Crippen molar-refractivity contribution in [3.63, 3.8) is 0 Å². The first kappa shape index (κ1) is 15.6. The Hall–Kier alpha value is -0.310. The Balaban J connectivity index is 0.00000132. The molecule has 5 nitrogen and oxygen atoms in total. The summed E-state index contributed by atoms with van der Waals surface area (Å²) in [6, 6.07) is 7.73. The summed E-state index contributed by atoms with van der Waals surface area (Å²) < 4.78 is 1.84. The Kier molecular flexibility index (Phi) is 4.24. The fraction of sp³-hybridized carbons (Fsp3) is 0.500. The minimum atomic E-state index is 0. The van der Waals surface area contributed by atoms with Gasteiger partial charge in [0.05, 0.1) is 20.0 Å². The topological polar surface area (TPSA) is 26.8 Å². The first-order valence-electron chi connectivity index (χ1n) is 6.93. The van der Waals surface area contributed by atoms with Gasteiger partial charge in [0, 0.05) is 10.0 Å². The van der Waals surface area contributed by atoms with Crippen molar-refractivity contribution in [1.82, 2.24) is 14.7 Å². The average molecular weight is 419 g/mol. The Morgan fingerprint density at radius 2 is 1.67 bits per heavy atom. The summed E-state index contributed by atoms with van der Waals surface area (Å²) >= 11 is 3.44. The molecule has 0 spiro atoms. The molecular weight excluding hydrogens is 400 g/mol. The third-order valence-corrected chi connectivity index (χ3v) is 4.82. The van der Waals surface area contributed by atoms with Gasteiger partial charge in [0.25, 0.3) is 0 Å². The molecule has 0 radical (unpaired) electrons. The number of rotatable bonds is 3. The molecule has 0 atom stereocenters. The molecule has 0 unspecified atom stereocenters. The van der Waals surface area contributed by atoms with E-state index in [1.165, 1.54) is 0 Å². The summed E-state index contributed by atoms with van der Waals surface area (Å²) in [5, 5.41) is 0. The Morgan fingerprint density at radius 1 is 1.10 bits per heavy atom. The molecule has 0 aliphatic carbocycles. The van der Waals surface area contributed by atoms with E-state index in [1.54, 1.807) is 0 Å². The van der Waals surface area contributed by atoms with Gasteiger partial charge in [0.15, 0.2) is 0 Å². The molecule has 114 valence electrons. The molecule has 4 aliphatic rings. The van der Waals surface area contributed by atoms with Crippen molar-refractivity contribution >= 4 is 38.7 Å². The number of halogens is 2. The van der Waals surface area contributed by atoms with Crippen LogP contribution in [0, 0.1) is 0 Å². The molecular formula is C14H19Br2N4O+. The van der Waals surface area contributed by atoms with E-state index in [4.69, 9.17) is 0 Å². The largest absolute Gasteiger partial charge is 0.288 e. The molecule has 4 saturated heterocycles. The molecule has 4 aliphatic heterocycles. The summed E-state index contributed by atoms with van der Waals surface area (Å²) in [5.41, 5.74) is 0.813. The monoisotopic (exact) mass is 417 g/mol. The zero-order valence-corrected chi connectivity index (χ0v) is 15.0. The smallest absolute Gasteiger partial charge is 0.217 e. The van der Waals surface area contributed by atoms with Crippen LogP contribution in [0.15, 0.2) is 28.7 Å². The van der Waals surface area contributed by atoms with Crippen molar-refractivity contribution < 1.29 is 9.28 Å². The van der Waals surface area contributed by atoms with E-state index in [0.717, 1.165) is 54.5 Å². The lowest BCUT2D eigenvalue weighted by atomic mass is 10.1. The van der Waals surface area contributed by atoms with Crippen molar-refractivity contribution in [3.05, 3.63) is 34.3 Å². The molecule has 0 amide bonds. The molecule has 7 heteroatoms. The van der Waals surface area contributed by atoms with Gasteiger partial charge in [-0.05, 0) is 12.1 Å². The second-order valence-corrected chi connectivity index (χ2v) is 7.21. The van der Waals surface area contributed by atoms with Crippen LogP contribution in [0.2, 0.25) is 0 Å². The van der Waals surface area contributed by atoms with E-state index in [0.29, 0.717) is 6.54 Å². The lowest BCUT2D eigenvalue weighted by molar-refractivity contribution is -0.973. The fourth-order valence-corrected chi connectivity index (χ4v) is 4.27. The lowest BCUT2D eigenvalue weighted by Crippen LogP contribution is -2.79. The van der Waals surface area contributed by atoms with Crippen LogP contribution in [-0.4, -0.2) is 71.5 Å². The van der Waals surface area contributed by atoms with Crippen LogP contribution < -0.4 is 0 Å². The highest BCUT2D eigenvalue weighted by Crippen LogP contribution is 2.29. The van der Waals surface area contributed by atoms with Gasteiger partial charge in [-0.2, -0.15) is 0 Å². The van der Waals surface area contributed by atoms with Gasteiger partial charge in [0.2, 0.25) is 5.78 Å². The van der Waals surface area contributed by atoms with Crippen LogP contribution in [0.5, 0.6) is 0 Å². The van der Waals surface area contributed by atoms with Gasteiger partial charge in [-0.15, -0.1) is 17.0 Å². The number of benzene rings is 1. The van der Waals surface area contributed by atoms with Gasteiger partial charge >= 0.3 is 0 Å². The normalized spacial score (nSPS) is 36.3. The summed E-state index contributed by atoms with van der Waals surface area (Å²) in [6.45, 7) is 6.79. The maximum absolute atomic E-state index is 12.6. The van der Waals surface area contributed by atoms with Crippen molar-refractivity contribution in [2.75, 3.05) is 46.6 Å². The van der Waals surface area contributed by atoms with Crippen LogP contribution in [0.1, 0.15) is 10.4 Å². The molecule has 0 N–H and O–H groups in total. The standard InChI is InChI=1S/C14H18BrN4O.BrH/c15-13-3-1-2-12(4-13)14(20)5-19-9-16-6-17(10-19)8-18(7-16)11-19;/h1-4H,5-11H2;1H/q+1;. The first-order chi connectivity index (χ1) is 9.62. The highest BCUT2D eigenvalue weighted by molar-refractivity contribution is 9.10. The van der Waals surface area contributed by atoms with Gasteiger partial charge < -0.3 is 0 Å². The third-order valence-electron chi connectivity index (χ3n) is 4.33. The molecule has 5 rings (SSSR count). The number of carbonyl (C=O) groups is 1. The number of hydrogen-bond acceptors (Lipinski definition) is 4. The predicted molar refractivity (Wildman–Crippen MR) is 88.6 cm³/mol. The molecule has 1 aromatic rings. The molecule has 4 heterocycles. The van der Waals surface area contributed by atoms with E-state index in [-0.39, 0.29) is 22.8 Å². The number of hydrogen-bond donors (Lipinski definition) is 0. The third kappa shape index (κ3) is 2.95. The van der Waals surface area contributed by atoms with E-state index in [9.17, 15) is 4.79 Å². The fourth-order valence-electron chi connectivity index (χ4n) is 3.87. The molecule has 4 bridgehead atoms. The van der Waals surface area contributed by atoms with E-state index in [2.05, 4.69) is 30.6 Å². The number of carbonyl (C=O) groups excluding carboxylic acids is 1. The van der Waals surface area contributed by atoms with Crippen LogP contribution >= 0.6 is 32.9 Å². The zero-order valence-electron chi connectivity index (χ0n) is 11.7. The molecule has 4 fully saturated rings. The Labute approximate surface area is 143 Å². The summed E-state index contributed by atoms with van der Waals surface area (Å²) in [6.07, 6.45) is 0. The maximum atomic E-state index is 12.6. The highest BCUT2D eigenvalue weighted by Gasteiger charge is 2.49. The molecule has 21 heavy (non-hydrogen) atoms. The second-order valence-electron chi connectivity index (χ2n) is 6.29. The minimum Gasteiger partial charge on any atom is -0.288 e. The average Bonchev–Trinajstić information content (AvgIpc) is 2.36. The van der Waals surface area contributed by atoms with Crippen molar-refractivity contribution in [3.8, 4) is 0 Å². The minimum absolute atomic E-state index is 0. The molecule has 1 aromatic carbocycles. The van der Waals surface area contributed by atoms with Gasteiger partial charge in [0.1, 0.15) is 26.6 Å². The van der Waals surface area contributed by atoms with Gasteiger partial charge in [-0.3, -0.25) is 9.28 Å². The van der Waals surface area contributed by atoms with Crippen molar-refractivity contribution in [1.29, 1.82) is 0 Å². The molecule has 0 saturated carbocycles. The highest BCUT2D eigenvalue weighted by atomic mass is 79.9. The van der Waals surface area contributed by atoms with Gasteiger partial charge in [-0.1, -0.05) is 28.1 Å². The molecule has 0 aromatic heterocycles. The first-order valence-corrected chi connectivity index (χ1v) is 7.72. The van der Waals surface area contributed by atoms with E-state index < -0.39 is 0 Å². The summed E-state index contributed by atoms with van der Waals surface area (Å²) in [4.78, 5) is 19.9. The number of ketones is 1. The number of Topliss-reactive ketones (excluding diaryl/α,β-unsaturated/α-hetero) is 1. The van der Waals surface area contributed by atoms with E-state index in [1.807, 2.05) is 24.3 Å². The maximum Gasteiger partial charge on any atom is 0.217 e. The quantitative estimate of drug-likeness (QED) is 0.551. The Bertz CT molecular complexity index is 530. The van der Waals surface area contributed by atoms with Crippen molar-refractivity contribution in [2.45, 2.75) is 0 Å². The predicted octanol–water partition coefficient (Wildman–Crippen LogP) is 1.72. The van der Waals surface area contributed by atoms with Crippen LogP contribution in [0.4, 0.5) is 0 Å². The SMILES string of the molecule is Br.O=C(C[N+]12CN3CN(CN(C3)C1)C2)c1cccc(Br)c1. The zero-order chi connectivity index (χ0) is 13.7.